The Morgan fingerprint density at radius 3 is 2.43 bits per heavy atom. The van der Waals surface area contributed by atoms with Gasteiger partial charge in [-0.05, 0) is 33.4 Å². The quantitative estimate of drug-likeness (QED) is 0.723. The molecule has 1 amide bonds. The van der Waals surface area contributed by atoms with Crippen LogP contribution < -0.4 is 0 Å². The van der Waals surface area contributed by atoms with Crippen LogP contribution in [0.2, 0.25) is 0 Å². The Balaban J connectivity index is 2.13. The SMILES string of the molecule is CN(C)CC1CC(O)CN1C(=O)C1CC=CCC1C(=O)O. The lowest BCUT2D eigenvalue weighted by Gasteiger charge is -2.33. The van der Waals surface area contributed by atoms with E-state index in [9.17, 15) is 19.8 Å². The average Bonchev–Trinajstić information content (AvgIpc) is 2.77. The Morgan fingerprint density at radius 1 is 1.24 bits per heavy atom. The van der Waals surface area contributed by atoms with Gasteiger partial charge in [-0.1, -0.05) is 12.2 Å². The molecule has 118 valence electrons. The van der Waals surface area contributed by atoms with Crippen LogP contribution in [0.15, 0.2) is 12.2 Å². The molecule has 0 saturated carbocycles. The lowest BCUT2D eigenvalue weighted by molar-refractivity contribution is -0.151. The molecule has 21 heavy (non-hydrogen) atoms. The largest absolute Gasteiger partial charge is 0.481 e. The van der Waals surface area contributed by atoms with Crippen molar-refractivity contribution in [3.05, 3.63) is 12.2 Å². The van der Waals surface area contributed by atoms with Crippen LogP contribution in [0.4, 0.5) is 0 Å². The Hall–Kier alpha value is -1.40. The Bertz CT molecular complexity index is 435. The maximum Gasteiger partial charge on any atom is 0.307 e. The monoisotopic (exact) mass is 296 g/mol. The van der Waals surface area contributed by atoms with Gasteiger partial charge in [0.05, 0.1) is 17.9 Å². The second-order valence-corrected chi connectivity index (χ2v) is 6.29. The van der Waals surface area contributed by atoms with Crippen LogP contribution in [-0.2, 0) is 9.59 Å². The van der Waals surface area contributed by atoms with Gasteiger partial charge in [0.15, 0.2) is 0 Å². The van der Waals surface area contributed by atoms with E-state index in [0.717, 1.165) is 0 Å². The molecule has 6 nitrogen and oxygen atoms in total. The molecule has 1 aliphatic carbocycles. The molecule has 1 fully saturated rings. The fourth-order valence-electron chi connectivity index (χ4n) is 3.33. The van der Waals surface area contributed by atoms with Crippen LogP contribution in [0.3, 0.4) is 0 Å². The number of likely N-dealkylation sites (tertiary alicyclic amines) is 1. The first-order valence-electron chi connectivity index (χ1n) is 7.41. The van der Waals surface area contributed by atoms with Gasteiger partial charge in [0, 0.05) is 19.1 Å². The molecule has 0 aromatic heterocycles. The summed E-state index contributed by atoms with van der Waals surface area (Å²) in [5.41, 5.74) is 0. The summed E-state index contributed by atoms with van der Waals surface area (Å²) < 4.78 is 0. The van der Waals surface area contributed by atoms with Gasteiger partial charge in [-0.3, -0.25) is 9.59 Å². The highest BCUT2D eigenvalue weighted by Crippen LogP contribution is 2.30. The van der Waals surface area contributed by atoms with Crippen molar-refractivity contribution in [3.8, 4) is 0 Å². The topological polar surface area (TPSA) is 81.1 Å². The van der Waals surface area contributed by atoms with Crippen molar-refractivity contribution in [2.24, 2.45) is 11.8 Å². The molecule has 0 bridgehead atoms. The summed E-state index contributed by atoms with van der Waals surface area (Å²) in [6.07, 6.45) is 4.64. The van der Waals surface area contributed by atoms with Gasteiger partial charge >= 0.3 is 5.97 Å². The van der Waals surface area contributed by atoms with Crippen molar-refractivity contribution in [1.82, 2.24) is 9.80 Å². The summed E-state index contributed by atoms with van der Waals surface area (Å²) >= 11 is 0. The van der Waals surface area contributed by atoms with Gasteiger partial charge in [-0.15, -0.1) is 0 Å². The van der Waals surface area contributed by atoms with Crippen molar-refractivity contribution in [2.45, 2.75) is 31.4 Å². The van der Waals surface area contributed by atoms with E-state index >= 15 is 0 Å². The number of aliphatic hydroxyl groups is 1. The zero-order valence-electron chi connectivity index (χ0n) is 12.6. The molecule has 0 radical (unpaired) electrons. The van der Waals surface area contributed by atoms with Crippen LogP contribution in [0.25, 0.3) is 0 Å². The van der Waals surface area contributed by atoms with Crippen LogP contribution in [0.1, 0.15) is 19.3 Å². The van der Waals surface area contributed by atoms with E-state index in [0.29, 0.717) is 32.4 Å². The van der Waals surface area contributed by atoms with Crippen LogP contribution >= 0.6 is 0 Å². The number of aliphatic carboxylic acids is 1. The summed E-state index contributed by atoms with van der Waals surface area (Å²) in [6, 6.07) is -0.0390. The number of hydrogen-bond donors (Lipinski definition) is 2. The van der Waals surface area contributed by atoms with E-state index in [4.69, 9.17) is 0 Å². The number of rotatable bonds is 4. The van der Waals surface area contributed by atoms with E-state index in [1.807, 2.05) is 31.1 Å². The van der Waals surface area contributed by atoms with E-state index in [-0.39, 0.29) is 11.9 Å². The van der Waals surface area contributed by atoms with Gasteiger partial charge in [-0.2, -0.15) is 0 Å². The number of carbonyl (C=O) groups is 2. The molecule has 2 rings (SSSR count). The molecule has 1 saturated heterocycles. The zero-order valence-corrected chi connectivity index (χ0v) is 12.6. The third kappa shape index (κ3) is 3.63. The molecule has 1 heterocycles. The van der Waals surface area contributed by atoms with Crippen molar-refractivity contribution in [3.63, 3.8) is 0 Å². The molecular weight excluding hydrogens is 272 g/mol. The normalized spacial score (nSPS) is 32.7. The summed E-state index contributed by atoms with van der Waals surface area (Å²) in [5, 5.41) is 19.2. The molecule has 1 aliphatic heterocycles. The second kappa shape index (κ2) is 6.58. The standard InChI is InChI=1S/C15H24N2O4/c1-16(2)8-10-7-11(18)9-17(10)14(19)12-5-3-4-6-13(12)15(20)21/h3-4,10-13,18H,5-9H2,1-2H3,(H,20,21). The maximum absolute atomic E-state index is 12.8. The van der Waals surface area contributed by atoms with Gasteiger partial charge in [-0.25, -0.2) is 0 Å². The number of hydrogen-bond acceptors (Lipinski definition) is 4. The van der Waals surface area contributed by atoms with Gasteiger partial charge in [0.1, 0.15) is 0 Å². The molecule has 0 aromatic carbocycles. The minimum Gasteiger partial charge on any atom is -0.481 e. The van der Waals surface area contributed by atoms with E-state index < -0.39 is 23.9 Å². The second-order valence-electron chi connectivity index (χ2n) is 6.29. The van der Waals surface area contributed by atoms with Crippen molar-refractivity contribution in [1.29, 1.82) is 0 Å². The Kier molecular flexibility index (Phi) is 5.00. The fraction of sp³-hybridized carbons (Fsp3) is 0.733. The number of carboxylic acids is 1. The van der Waals surface area contributed by atoms with Crippen molar-refractivity contribution >= 4 is 11.9 Å². The average molecular weight is 296 g/mol. The molecule has 0 aromatic rings. The molecule has 4 unspecified atom stereocenters. The van der Waals surface area contributed by atoms with Gasteiger partial charge in [0.25, 0.3) is 0 Å². The fourth-order valence-corrected chi connectivity index (χ4v) is 3.33. The molecule has 2 aliphatic rings. The number of allylic oxidation sites excluding steroid dienone is 2. The van der Waals surface area contributed by atoms with Crippen LogP contribution in [-0.4, -0.2) is 71.2 Å². The lowest BCUT2D eigenvalue weighted by atomic mass is 9.82. The van der Waals surface area contributed by atoms with Gasteiger partial charge < -0.3 is 20.0 Å². The summed E-state index contributed by atoms with van der Waals surface area (Å²) in [5.74, 6) is -2.21. The highest BCUT2D eigenvalue weighted by molar-refractivity contribution is 5.85. The number of aliphatic hydroxyl groups excluding tert-OH is 1. The molecule has 6 heteroatoms. The van der Waals surface area contributed by atoms with E-state index in [1.54, 1.807) is 4.90 Å². The predicted octanol–water partition coefficient (Wildman–Crippen LogP) is 0.177. The summed E-state index contributed by atoms with van der Waals surface area (Å²) in [7, 11) is 3.85. The van der Waals surface area contributed by atoms with Crippen molar-refractivity contribution in [2.75, 3.05) is 27.2 Å². The molecule has 0 spiro atoms. The number of carbonyl (C=O) groups excluding carboxylic acids is 1. The molecule has 2 N–H and O–H groups in total. The van der Waals surface area contributed by atoms with Gasteiger partial charge in [0.2, 0.25) is 5.91 Å². The van der Waals surface area contributed by atoms with E-state index in [1.165, 1.54) is 0 Å². The van der Waals surface area contributed by atoms with E-state index in [2.05, 4.69) is 0 Å². The minimum absolute atomic E-state index is 0.0390. The lowest BCUT2D eigenvalue weighted by Crippen LogP contribution is -2.47. The first kappa shape index (κ1) is 16.0. The molecule has 4 atom stereocenters. The summed E-state index contributed by atoms with van der Waals surface area (Å²) in [4.78, 5) is 27.8. The Morgan fingerprint density at radius 2 is 1.86 bits per heavy atom. The Labute approximate surface area is 125 Å². The highest BCUT2D eigenvalue weighted by atomic mass is 16.4. The zero-order chi connectivity index (χ0) is 15.6. The first-order valence-corrected chi connectivity index (χ1v) is 7.41. The third-order valence-electron chi connectivity index (χ3n) is 4.32. The van der Waals surface area contributed by atoms with Crippen molar-refractivity contribution < 1.29 is 19.8 Å². The summed E-state index contributed by atoms with van der Waals surface area (Å²) in [6.45, 7) is 0.993. The third-order valence-corrected chi connectivity index (χ3v) is 4.32. The number of carboxylic acid groups (broad SMARTS) is 1. The maximum atomic E-state index is 12.8. The predicted molar refractivity (Wildman–Crippen MR) is 77.7 cm³/mol. The number of likely N-dealkylation sites (N-methyl/N-ethyl adjacent to an activating group) is 1. The highest BCUT2D eigenvalue weighted by Gasteiger charge is 2.41. The molecular formula is C15H24N2O4. The number of nitrogens with zero attached hydrogens (tertiary/aromatic N) is 2. The number of β-amino-alcohol motifs (C(OH)–C–C–N with tert-alkyl or cyclic N) is 1. The first-order chi connectivity index (χ1) is 9.90. The number of amides is 1. The smallest absolute Gasteiger partial charge is 0.307 e. The van der Waals surface area contributed by atoms with Crippen LogP contribution in [0.5, 0.6) is 0 Å². The minimum atomic E-state index is -0.915. The van der Waals surface area contributed by atoms with Crippen LogP contribution in [0, 0.1) is 11.8 Å².